The van der Waals surface area contributed by atoms with Crippen molar-refractivity contribution in [3.8, 4) is 0 Å². The highest BCUT2D eigenvalue weighted by molar-refractivity contribution is 6.42. The van der Waals surface area contributed by atoms with Gasteiger partial charge in [0, 0.05) is 37.1 Å². The Bertz CT molecular complexity index is 921. The summed E-state index contributed by atoms with van der Waals surface area (Å²) >= 11 is 11.7. The molecule has 2 N–H and O–H groups in total. The lowest BCUT2D eigenvalue weighted by Crippen LogP contribution is -2.34. The van der Waals surface area contributed by atoms with Crippen molar-refractivity contribution in [2.24, 2.45) is 0 Å². The molecule has 0 atom stereocenters. The van der Waals surface area contributed by atoms with Crippen LogP contribution in [0.2, 0.25) is 10.0 Å². The van der Waals surface area contributed by atoms with Gasteiger partial charge in [0.15, 0.2) is 11.5 Å². The fourth-order valence-corrected chi connectivity index (χ4v) is 3.34. The third-order valence-corrected chi connectivity index (χ3v) is 5.13. The summed E-state index contributed by atoms with van der Waals surface area (Å²) < 4.78 is 5.59. The van der Waals surface area contributed by atoms with Crippen molar-refractivity contribution >= 4 is 40.8 Å². The number of Topliss-reactive ketones (excluding diaryl/α,β-unsaturated/α-hetero) is 1. The quantitative estimate of drug-likeness (QED) is 0.739. The summed E-state index contributed by atoms with van der Waals surface area (Å²) in [5, 5.41) is 6.03. The minimum atomic E-state index is -0.404. The van der Waals surface area contributed by atoms with E-state index < -0.39 is 5.91 Å². The lowest BCUT2D eigenvalue weighted by Gasteiger charge is -2.07. The molecule has 6 nitrogen and oxygen atoms in total. The van der Waals surface area contributed by atoms with E-state index in [9.17, 15) is 14.4 Å². The van der Waals surface area contributed by atoms with E-state index in [1.807, 2.05) is 0 Å². The lowest BCUT2D eigenvalue weighted by atomic mass is 9.94. The minimum absolute atomic E-state index is 0.0189. The van der Waals surface area contributed by atoms with Gasteiger partial charge in [-0.2, -0.15) is 0 Å². The summed E-state index contributed by atoms with van der Waals surface area (Å²) in [5.74, 6) is 0.0369. The van der Waals surface area contributed by atoms with E-state index in [0.717, 1.165) is 6.42 Å². The van der Waals surface area contributed by atoms with Crippen LogP contribution in [0.25, 0.3) is 0 Å². The van der Waals surface area contributed by atoms with E-state index in [-0.39, 0.29) is 30.5 Å². The third kappa shape index (κ3) is 4.17. The number of hydrogen-bond acceptors (Lipinski definition) is 4. The molecule has 0 fully saturated rings. The largest absolute Gasteiger partial charge is 0.455 e. The lowest BCUT2D eigenvalue weighted by molar-refractivity contribution is 0.0907. The first-order valence-corrected chi connectivity index (χ1v) is 9.31. The van der Waals surface area contributed by atoms with Crippen molar-refractivity contribution in [1.29, 1.82) is 0 Å². The number of aryl methyl sites for hydroxylation is 1. The molecule has 1 aliphatic carbocycles. The highest BCUT2D eigenvalue weighted by atomic mass is 35.5. The average Bonchev–Trinajstić information content (AvgIpc) is 2.98. The molecular formula is C19H18Cl2N2O4. The Kier molecular flexibility index (Phi) is 5.87. The summed E-state index contributed by atoms with van der Waals surface area (Å²) in [7, 11) is 0. The second-order valence-corrected chi connectivity index (χ2v) is 7.09. The maximum atomic E-state index is 12.3. The number of furan rings is 1. The van der Waals surface area contributed by atoms with Crippen LogP contribution in [0.3, 0.4) is 0 Å². The van der Waals surface area contributed by atoms with Gasteiger partial charge in [-0.3, -0.25) is 14.4 Å². The van der Waals surface area contributed by atoms with Gasteiger partial charge in [-0.1, -0.05) is 23.2 Å². The van der Waals surface area contributed by atoms with Crippen LogP contribution in [0.1, 0.15) is 55.4 Å². The molecule has 0 saturated carbocycles. The number of fused-ring (bicyclic) bond motifs is 1. The van der Waals surface area contributed by atoms with Crippen molar-refractivity contribution in [2.75, 3.05) is 13.1 Å². The predicted molar refractivity (Wildman–Crippen MR) is 102 cm³/mol. The van der Waals surface area contributed by atoms with E-state index in [1.54, 1.807) is 19.1 Å². The Hall–Kier alpha value is -2.31. The van der Waals surface area contributed by atoms with Gasteiger partial charge in [0.25, 0.3) is 11.8 Å². The molecule has 1 heterocycles. The summed E-state index contributed by atoms with van der Waals surface area (Å²) in [5.41, 5.74) is 1.50. The van der Waals surface area contributed by atoms with Gasteiger partial charge in [-0.15, -0.1) is 0 Å². The van der Waals surface area contributed by atoms with Crippen LogP contribution in [0.5, 0.6) is 0 Å². The van der Waals surface area contributed by atoms with Crippen molar-refractivity contribution in [3.63, 3.8) is 0 Å². The fraction of sp³-hybridized carbons (Fsp3) is 0.316. The monoisotopic (exact) mass is 408 g/mol. The molecule has 27 heavy (non-hydrogen) atoms. The summed E-state index contributed by atoms with van der Waals surface area (Å²) in [6, 6.07) is 4.59. The second kappa shape index (κ2) is 8.15. The van der Waals surface area contributed by atoms with E-state index in [0.29, 0.717) is 45.3 Å². The van der Waals surface area contributed by atoms with Gasteiger partial charge < -0.3 is 15.1 Å². The SMILES string of the molecule is Cc1c(C(=O)NCCNC(=O)c2ccc(Cl)c(Cl)c2)oc2c1C(=O)CCC2. The normalized spacial score (nSPS) is 13.2. The van der Waals surface area contributed by atoms with Crippen LogP contribution in [-0.4, -0.2) is 30.7 Å². The smallest absolute Gasteiger partial charge is 0.287 e. The number of benzene rings is 1. The van der Waals surface area contributed by atoms with E-state index in [2.05, 4.69) is 10.6 Å². The number of ketones is 1. The average molecular weight is 409 g/mol. The maximum Gasteiger partial charge on any atom is 0.287 e. The standard InChI is InChI=1S/C19H18Cl2N2O4/c1-10-16-14(24)3-2-4-15(16)27-17(10)19(26)23-8-7-22-18(25)11-5-6-12(20)13(21)9-11/h5-6,9H,2-4,7-8H2,1H3,(H,22,25)(H,23,26). The molecule has 0 aliphatic heterocycles. The number of amides is 2. The molecule has 2 amide bonds. The van der Waals surface area contributed by atoms with Gasteiger partial charge in [-0.25, -0.2) is 0 Å². The number of rotatable bonds is 5. The number of hydrogen-bond donors (Lipinski definition) is 2. The predicted octanol–water partition coefficient (Wildman–Crippen LogP) is 3.57. The molecule has 0 unspecified atom stereocenters. The Morgan fingerprint density at radius 1 is 1.07 bits per heavy atom. The Morgan fingerprint density at radius 3 is 2.44 bits per heavy atom. The zero-order valence-electron chi connectivity index (χ0n) is 14.7. The second-order valence-electron chi connectivity index (χ2n) is 6.27. The van der Waals surface area contributed by atoms with Crippen molar-refractivity contribution < 1.29 is 18.8 Å². The van der Waals surface area contributed by atoms with Crippen molar-refractivity contribution in [1.82, 2.24) is 10.6 Å². The molecular weight excluding hydrogens is 391 g/mol. The number of nitrogens with one attached hydrogen (secondary N) is 2. The highest BCUT2D eigenvalue weighted by Crippen LogP contribution is 2.29. The number of carbonyl (C=O) groups excluding carboxylic acids is 3. The van der Waals surface area contributed by atoms with Crippen LogP contribution in [-0.2, 0) is 6.42 Å². The molecule has 1 aliphatic rings. The first-order chi connectivity index (χ1) is 12.9. The molecule has 0 spiro atoms. The molecule has 2 aromatic rings. The topological polar surface area (TPSA) is 88.4 Å². The van der Waals surface area contributed by atoms with Crippen LogP contribution in [0.15, 0.2) is 22.6 Å². The molecule has 0 radical (unpaired) electrons. The first-order valence-electron chi connectivity index (χ1n) is 8.55. The van der Waals surface area contributed by atoms with Gasteiger partial charge in [-0.05, 0) is 31.5 Å². The van der Waals surface area contributed by atoms with Crippen LogP contribution in [0, 0.1) is 6.92 Å². The molecule has 142 valence electrons. The first kappa shape index (κ1) is 19.5. The third-order valence-electron chi connectivity index (χ3n) is 4.39. The summed E-state index contributed by atoms with van der Waals surface area (Å²) in [6.45, 7) is 2.15. The Morgan fingerprint density at radius 2 is 1.78 bits per heavy atom. The van der Waals surface area contributed by atoms with Crippen LogP contribution < -0.4 is 10.6 Å². The zero-order chi connectivity index (χ0) is 19.6. The van der Waals surface area contributed by atoms with Gasteiger partial charge in [0.1, 0.15) is 5.76 Å². The van der Waals surface area contributed by atoms with E-state index in [1.165, 1.54) is 6.07 Å². The van der Waals surface area contributed by atoms with Crippen LogP contribution >= 0.6 is 23.2 Å². The Labute approximate surface area is 166 Å². The molecule has 8 heteroatoms. The Balaban J connectivity index is 1.53. The molecule has 3 rings (SSSR count). The van der Waals surface area contributed by atoms with Gasteiger partial charge >= 0.3 is 0 Å². The summed E-state index contributed by atoms with van der Waals surface area (Å²) in [6.07, 6.45) is 1.88. The minimum Gasteiger partial charge on any atom is -0.455 e. The summed E-state index contributed by atoms with van der Waals surface area (Å²) in [4.78, 5) is 36.4. The number of halogens is 2. The highest BCUT2D eigenvalue weighted by Gasteiger charge is 2.28. The number of carbonyl (C=O) groups is 3. The van der Waals surface area contributed by atoms with Crippen molar-refractivity contribution in [2.45, 2.75) is 26.2 Å². The molecule has 0 saturated heterocycles. The van der Waals surface area contributed by atoms with Crippen LogP contribution in [0.4, 0.5) is 0 Å². The molecule has 1 aromatic carbocycles. The fourth-order valence-electron chi connectivity index (χ4n) is 3.04. The zero-order valence-corrected chi connectivity index (χ0v) is 16.2. The van der Waals surface area contributed by atoms with E-state index in [4.69, 9.17) is 27.6 Å². The van der Waals surface area contributed by atoms with Gasteiger partial charge in [0.05, 0.1) is 15.6 Å². The van der Waals surface area contributed by atoms with Crippen molar-refractivity contribution in [3.05, 3.63) is 56.5 Å². The van der Waals surface area contributed by atoms with Gasteiger partial charge in [0.2, 0.25) is 0 Å². The maximum absolute atomic E-state index is 12.3. The van der Waals surface area contributed by atoms with E-state index >= 15 is 0 Å². The molecule has 1 aromatic heterocycles. The molecule has 0 bridgehead atoms.